The zero-order chi connectivity index (χ0) is 52.8. The van der Waals surface area contributed by atoms with Crippen LogP contribution >= 0.6 is 11.6 Å². The fourth-order valence-electron chi connectivity index (χ4n) is 8.64. The maximum atomic E-state index is 15.1. The van der Waals surface area contributed by atoms with Crippen LogP contribution < -0.4 is 20.9 Å². The van der Waals surface area contributed by atoms with Crippen LogP contribution in [0.4, 0.5) is 43.0 Å². The van der Waals surface area contributed by atoms with Crippen LogP contribution in [0, 0.1) is 29.5 Å². The first-order valence-electron chi connectivity index (χ1n) is 24.3. The molecule has 4 aromatic heterocycles. The van der Waals surface area contributed by atoms with Gasteiger partial charge in [0.15, 0.2) is 17.0 Å². The highest BCUT2D eigenvalue weighted by molar-refractivity contribution is 6.30. The first kappa shape index (κ1) is 52.2. The average molecular weight is 1020 g/mol. The van der Waals surface area contributed by atoms with E-state index in [4.69, 9.17) is 28.9 Å². The van der Waals surface area contributed by atoms with E-state index in [-0.39, 0.29) is 5.69 Å². The van der Waals surface area contributed by atoms with Gasteiger partial charge in [-0.05, 0) is 64.4 Å². The number of hydrogen-bond donors (Lipinski definition) is 2. The van der Waals surface area contributed by atoms with Gasteiger partial charge in [0.2, 0.25) is 0 Å². The highest BCUT2D eigenvalue weighted by Crippen LogP contribution is 2.34. The van der Waals surface area contributed by atoms with Crippen molar-refractivity contribution in [3.63, 3.8) is 0 Å². The third-order valence-corrected chi connectivity index (χ3v) is 12.7. The molecule has 0 aliphatic heterocycles. The third-order valence-electron chi connectivity index (χ3n) is 12.5. The highest BCUT2D eigenvalue weighted by Gasteiger charge is 2.20. The minimum atomic E-state index is -0.500. The van der Waals surface area contributed by atoms with E-state index in [1.54, 1.807) is 24.8 Å². The number of rotatable bonds is 14. The van der Waals surface area contributed by atoms with Gasteiger partial charge < -0.3 is 30.0 Å². The van der Waals surface area contributed by atoms with E-state index in [1.807, 2.05) is 104 Å². The third kappa shape index (κ3) is 12.9. The summed E-state index contributed by atoms with van der Waals surface area (Å²) in [4.78, 5) is 26.1. The molecule has 10 aromatic rings. The second-order valence-electron chi connectivity index (χ2n) is 17.7. The quantitative estimate of drug-likeness (QED) is 0.0620. The van der Waals surface area contributed by atoms with Gasteiger partial charge in [0.25, 0.3) is 0 Å². The molecular formula is C60H55ClF2N12. The normalized spacial score (nSPS) is 10.7. The van der Waals surface area contributed by atoms with Gasteiger partial charge in [-0.25, -0.2) is 33.6 Å². The zero-order valence-corrected chi connectivity index (χ0v) is 42.8. The van der Waals surface area contributed by atoms with Crippen LogP contribution in [0.2, 0.25) is 5.15 Å². The van der Waals surface area contributed by atoms with Crippen molar-refractivity contribution in [1.29, 1.82) is 5.26 Å². The molecule has 75 heavy (non-hydrogen) atoms. The Kier molecular flexibility index (Phi) is 17.1. The average Bonchev–Trinajstić information content (AvgIpc) is 4.00. The van der Waals surface area contributed by atoms with Gasteiger partial charge in [-0.1, -0.05) is 153 Å². The molecule has 12 nitrogen and oxygen atoms in total. The predicted molar refractivity (Wildman–Crippen MR) is 298 cm³/mol. The fourth-order valence-corrected chi connectivity index (χ4v) is 8.82. The monoisotopic (exact) mass is 1020 g/mol. The summed E-state index contributed by atoms with van der Waals surface area (Å²) in [6.07, 6.45) is 4.74. The minimum Gasteiger partial charge on any atom is -0.396 e. The number of nitrogens with two attached hydrogens (primary N) is 1. The molecule has 0 spiro atoms. The lowest BCUT2D eigenvalue weighted by atomic mass is 10.1. The number of benzene rings is 6. The minimum absolute atomic E-state index is 0.157. The Morgan fingerprint density at radius 2 is 1.08 bits per heavy atom. The molecule has 10 rings (SSSR count). The molecule has 0 saturated carbocycles. The largest absolute Gasteiger partial charge is 0.396 e. The summed E-state index contributed by atoms with van der Waals surface area (Å²) in [6, 6.07) is 53.0. The Morgan fingerprint density at radius 3 is 1.52 bits per heavy atom. The van der Waals surface area contributed by atoms with Crippen LogP contribution in [0.25, 0.3) is 27.2 Å². The van der Waals surface area contributed by atoms with Gasteiger partial charge in [0, 0.05) is 52.4 Å². The van der Waals surface area contributed by atoms with Gasteiger partial charge in [0.05, 0.1) is 53.6 Å². The van der Waals surface area contributed by atoms with Crippen molar-refractivity contribution >= 4 is 68.2 Å². The van der Waals surface area contributed by atoms with E-state index in [2.05, 4.69) is 108 Å². The first-order chi connectivity index (χ1) is 36.4. The number of nitrogens with one attached hydrogen (secondary N) is 1. The molecule has 6 aromatic carbocycles. The van der Waals surface area contributed by atoms with Gasteiger partial charge in [-0.3, -0.25) is 0 Å². The van der Waals surface area contributed by atoms with Crippen molar-refractivity contribution in [3.05, 3.63) is 238 Å². The van der Waals surface area contributed by atoms with Crippen molar-refractivity contribution < 1.29 is 8.78 Å². The zero-order valence-electron chi connectivity index (χ0n) is 42.1. The van der Waals surface area contributed by atoms with Crippen LogP contribution in [0.15, 0.2) is 170 Å². The lowest BCUT2D eigenvalue weighted by molar-refractivity contribution is 0.629. The lowest BCUT2D eigenvalue weighted by Gasteiger charge is -2.26. The molecule has 0 unspecified atom stereocenters. The number of nitrogens with zero attached hydrogens (tertiary/aromatic N) is 10. The van der Waals surface area contributed by atoms with Gasteiger partial charge in [-0.15, -0.1) is 0 Å². The molecule has 0 aliphatic rings. The molecule has 0 bridgehead atoms. The number of nitrogen functional groups attached to an aromatic ring is 1. The number of hydrogen-bond acceptors (Lipinski definition) is 9. The van der Waals surface area contributed by atoms with Crippen LogP contribution in [0.3, 0.4) is 0 Å². The topological polar surface area (TPSA) is 134 Å². The molecule has 0 amide bonds. The lowest BCUT2D eigenvalue weighted by Crippen LogP contribution is -2.23. The number of aromatic nitrogens is 6. The highest BCUT2D eigenvalue weighted by atomic mass is 35.5. The molecule has 376 valence electrons. The maximum absolute atomic E-state index is 15.1. The van der Waals surface area contributed by atoms with Crippen molar-refractivity contribution in [2.45, 2.75) is 52.9 Å². The van der Waals surface area contributed by atoms with Crippen molar-refractivity contribution in [3.8, 4) is 6.07 Å². The Bertz CT molecular complexity index is 3530. The van der Waals surface area contributed by atoms with Gasteiger partial charge in [0.1, 0.15) is 33.6 Å². The number of halogens is 3. The summed E-state index contributed by atoms with van der Waals surface area (Å²) in [5, 5.41) is 12.9. The summed E-state index contributed by atoms with van der Waals surface area (Å²) in [5.74, 6) is -0.467. The van der Waals surface area contributed by atoms with Crippen molar-refractivity contribution in [2.24, 2.45) is 14.1 Å². The number of fused-ring (bicyclic) bond motifs is 2. The molecule has 15 heteroatoms. The SMILES string of the molecule is CCc1cc(C#N)cc(F)c1Nc1cc(N(Cc2ccccc2)Cc2ccccc2)c2ncn(C)c2n1.Cn1cnc2c(N(Cc3ccccc3)Cc3ccccc3)cc(Cl)nc21.[C-]#[N+]c1cc(F)c(N)c(CC)c1. The van der Waals surface area contributed by atoms with E-state index in [0.717, 1.165) is 52.8 Å². The van der Waals surface area contributed by atoms with Crippen LogP contribution in [0.1, 0.15) is 52.8 Å². The molecule has 0 fully saturated rings. The van der Waals surface area contributed by atoms with E-state index < -0.39 is 11.6 Å². The van der Waals surface area contributed by atoms with Gasteiger partial charge >= 0.3 is 0 Å². The predicted octanol–water partition coefficient (Wildman–Crippen LogP) is 13.8. The molecule has 3 N–H and O–H groups in total. The van der Waals surface area contributed by atoms with Gasteiger partial charge in [-0.2, -0.15) is 5.26 Å². The Morgan fingerprint density at radius 1 is 0.627 bits per heavy atom. The van der Waals surface area contributed by atoms with Crippen molar-refractivity contribution in [1.82, 2.24) is 29.1 Å². The number of pyridine rings is 2. The number of aryl methyl sites for hydroxylation is 4. The summed E-state index contributed by atoms with van der Waals surface area (Å²) in [5.41, 5.74) is 17.8. The van der Waals surface area contributed by atoms with E-state index in [1.165, 1.54) is 28.3 Å². The molecule has 0 radical (unpaired) electrons. The van der Waals surface area contributed by atoms with Crippen LogP contribution in [0.5, 0.6) is 0 Å². The van der Waals surface area contributed by atoms with E-state index >= 15 is 4.39 Å². The summed E-state index contributed by atoms with van der Waals surface area (Å²) in [6.45, 7) is 13.4. The summed E-state index contributed by atoms with van der Waals surface area (Å²) < 4.78 is 31.8. The number of anilines is 5. The van der Waals surface area contributed by atoms with E-state index in [0.29, 0.717) is 65.1 Å². The van der Waals surface area contributed by atoms with Crippen LogP contribution in [-0.2, 0) is 53.1 Å². The first-order valence-corrected chi connectivity index (χ1v) is 24.7. The van der Waals surface area contributed by atoms with Crippen LogP contribution in [-0.4, -0.2) is 29.1 Å². The number of imidazole rings is 2. The smallest absolute Gasteiger partial charge is 0.190 e. The number of nitriles is 1. The maximum Gasteiger partial charge on any atom is 0.190 e. The Balaban J connectivity index is 0.000000170. The molecule has 4 heterocycles. The summed E-state index contributed by atoms with van der Waals surface area (Å²) in [7, 11) is 3.83. The molecular weight excluding hydrogens is 962 g/mol. The second-order valence-corrected chi connectivity index (χ2v) is 18.1. The molecule has 0 saturated heterocycles. The molecule has 0 aliphatic carbocycles. The summed E-state index contributed by atoms with van der Waals surface area (Å²) >= 11 is 6.32. The Hall–Kier alpha value is -9.11. The fraction of sp³-hybridized carbons (Fsp3) is 0.167. The van der Waals surface area contributed by atoms with Crippen molar-refractivity contribution in [2.75, 3.05) is 20.9 Å². The molecule has 0 atom stereocenters. The second kappa shape index (κ2) is 24.5. The van der Waals surface area contributed by atoms with E-state index in [9.17, 15) is 9.65 Å². The Labute approximate surface area is 440 Å². The standard InChI is InChI=1S/C30H27FN6.C21H19ClN4.C9H9FN2/c1-3-24-14-23(17-32)15-25(31)28(24)34-27-16-26(29-30(35-27)36(2)20-33-29)37(18-21-10-6-4-7-11-21)19-22-12-8-5-9-13-22;1-25-15-23-20-18(12-19(22)24-21(20)25)26(13-16-8-4-2-5-9-16)14-17-10-6-3-7-11-17;1-3-6-4-7(12-2)5-8(10)9(6)11/h4-16,20H,3,18-19H2,1-2H3,(H,34,35);2-12,15H,13-14H2,1H3;4-5H,3,11H2,1H3.